The third-order valence-corrected chi connectivity index (χ3v) is 5.01. The van der Waals surface area contributed by atoms with Crippen LogP contribution in [0.1, 0.15) is 46.0 Å². The number of aliphatic hydroxyl groups is 1. The minimum atomic E-state index is -0.263. The van der Waals surface area contributed by atoms with Crippen molar-refractivity contribution >= 4 is 5.91 Å². The molecule has 0 aromatic rings. The van der Waals surface area contributed by atoms with Crippen molar-refractivity contribution in [3.8, 4) is 0 Å². The standard InChI is InChI=1S/C17H33N3O2/c1-3-16-14-18(11-12-20(16)13-15(2)21)10-7-17(22)19-8-5-4-6-9-19/h15-16,21H,3-14H2,1-2H3/t15-,16-/m0/s1. The zero-order valence-corrected chi connectivity index (χ0v) is 14.3. The predicted molar refractivity (Wildman–Crippen MR) is 88.8 cm³/mol. The second-order valence-corrected chi connectivity index (χ2v) is 6.90. The van der Waals surface area contributed by atoms with E-state index < -0.39 is 0 Å². The van der Waals surface area contributed by atoms with Gasteiger partial charge >= 0.3 is 0 Å². The van der Waals surface area contributed by atoms with E-state index in [0.29, 0.717) is 18.4 Å². The van der Waals surface area contributed by atoms with Crippen LogP contribution < -0.4 is 0 Å². The lowest BCUT2D eigenvalue weighted by atomic mass is 10.1. The van der Waals surface area contributed by atoms with E-state index in [9.17, 15) is 9.90 Å². The summed E-state index contributed by atoms with van der Waals surface area (Å²) in [6.07, 6.45) is 5.11. The number of amides is 1. The highest BCUT2D eigenvalue weighted by molar-refractivity contribution is 5.76. The average Bonchev–Trinajstić information content (AvgIpc) is 2.54. The van der Waals surface area contributed by atoms with Crippen LogP contribution in [0.5, 0.6) is 0 Å². The zero-order valence-electron chi connectivity index (χ0n) is 14.3. The van der Waals surface area contributed by atoms with E-state index in [4.69, 9.17) is 0 Å². The van der Waals surface area contributed by atoms with Gasteiger partial charge in [0.2, 0.25) is 5.91 Å². The molecule has 0 aromatic heterocycles. The quantitative estimate of drug-likeness (QED) is 0.800. The summed E-state index contributed by atoms with van der Waals surface area (Å²) in [5.41, 5.74) is 0. The Morgan fingerprint density at radius 3 is 2.55 bits per heavy atom. The Morgan fingerprint density at radius 1 is 1.18 bits per heavy atom. The van der Waals surface area contributed by atoms with Crippen LogP contribution in [0.15, 0.2) is 0 Å². The second-order valence-electron chi connectivity index (χ2n) is 6.90. The molecular weight excluding hydrogens is 278 g/mol. The monoisotopic (exact) mass is 311 g/mol. The normalized spacial score (nSPS) is 26.1. The highest BCUT2D eigenvalue weighted by Crippen LogP contribution is 2.15. The molecule has 0 bridgehead atoms. The van der Waals surface area contributed by atoms with Crippen molar-refractivity contribution in [2.45, 2.75) is 58.1 Å². The second kappa shape index (κ2) is 8.85. The van der Waals surface area contributed by atoms with Gasteiger partial charge in [-0.3, -0.25) is 14.6 Å². The first-order chi connectivity index (χ1) is 10.6. The van der Waals surface area contributed by atoms with Gasteiger partial charge in [0, 0.05) is 58.3 Å². The summed E-state index contributed by atoms with van der Waals surface area (Å²) in [5.74, 6) is 0.333. The van der Waals surface area contributed by atoms with Gasteiger partial charge in [0.25, 0.3) is 0 Å². The van der Waals surface area contributed by atoms with E-state index in [2.05, 4.69) is 16.7 Å². The molecule has 5 nitrogen and oxygen atoms in total. The van der Waals surface area contributed by atoms with Crippen LogP contribution in [-0.4, -0.2) is 83.7 Å². The first-order valence-electron chi connectivity index (χ1n) is 9.02. The number of likely N-dealkylation sites (tertiary alicyclic amines) is 1. The summed E-state index contributed by atoms with van der Waals surface area (Å²) in [6.45, 7) is 10.7. The maximum absolute atomic E-state index is 12.3. The number of piperidine rings is 1. The molecule has 0 saturated carbocycles. The lowest BCUT2D eigenvalue weighted by Crippen LogP contribution is -2.54. The van der Waals surface area contributed by atoms with Crippen LogP contribution in [0.2, 0.25) is 0 Å². The third-order valence-electron chi connectivity index (χ3n) is 5.01. The predicted octanol–water partition coefficient (Wildman–Crippen LogP) is 1.17. The Balaban J connectivity index is 1.73. The molecule has 22 heavy (non-hydrogen) atoms. The van der Waals surface area contributed by atoms with Crippen LogP contribution in [0, 0.1) is 0 Å². The van der Waals surface area contributed by atoms with Crippen molar-refractivity contribution in [2.75, 3.05) is 45.8 Å². The van der Waals surface area contributed by atoms with Gasteiger partial charge in [-0.25, -0.2) is 0 Å². The lowest BCUT2D eigenvalue weighted by Gasteiger charge is -2.41. The Bertz CT molecular complexity index is 343. The van der Waals surface area contributed by atoms with Gasteiger partial charge in [-0.2, -0.15) is 0 Å². The van der Waals surface area contributed by atoms with Crippen molar-refractivity contribution in [3.05, 3.63) is 0 Å². The van der Waals surface area contributed by atoms with Crippen molar-refractivity contribution < 1.29 is 9.90 Å². The number of nitrogens with zero attached hydrogens (tertiary/aromatic N) is 3. The van der Waals surface area contributed by atoms with Gasteiger partial charge in [0.15, 0.2) is 0 Å². The summed E-state index contributed by atoms with van der Waals surface area (Å²) in [7, 11) is 0. The Morgan fingerprint density at radius 2 is 1.91 bits per heavy atom. The first-order valence-corrected chi connectivity index (χ1v) is 9.02. The van der Waals surface area contributed by atoms with E-state index in [0.717, 1.165) is 52.2 Å². The maximum Gasteiger partial charge on any atom is 0.223 e. The van der Waals surface area contributed by atoms with Gasteiger partial charge in [0.1, 0.15) is 0 Å². The van der Waals surface area contributed by atoms with Gasteiger partial charge in [0.05, 0.1) is 6.10 Å². The molecule has 5 heteroatoms. The fourth-order valence-corrected chi connectivity index (χ4v) is 3.68. The first kappa shape index (κ1) is 17.7. The van der Waals surface area contributed by atoms with E-state index in [1.807, 2.05) is 11.8 Å². The highest BCUT2D eigenvalue weighted by atomic mass is 16.3. The van der Waals surface area contributed by atoms with Crippen LogP contribution in [0.25, 0.3) is 0 Å². The molecule has 0 aromatic carbocycles. The molecule has 2 rings (SSSR count). The molecule has 1 N–H and O–H groups in total. The molecule has 0 spiro atoms. The molecule has 2 aliphatic rings. The molecule has 0 aliphatic carbocycles. The van der Waals surface area contributed by atoms with Crippen molar-refractivity contribution in [1.29, 1.82) is 0 Å². The van der Waals surface area contributed by atoms with Crippen molar-refractivity contribution in [2.24, 2.45) is 0 Å². The van der Waals surface area contributed by atoms with Gasteiger partial charge in [-0.15, -0.1) is 0 Å². The number of aliphatic hydroxyl groups excluding tert-OH is 1. The van der Waals surface area contributed by atoms with Crippen molar-refractivity contribution in [1.82, 2.24) is 14.7 Å². The van der Waals surface area contributed by atoms with Gasteiger partial charge in [-0.1, -0.05) is 6.92 Å². The topological polar surface area (TPSA) is 47.0 Å². The average molecular weight is 311 g/mol. The summed E-state index contributed by atoms with van der Waals surface area (Å²) < 4.78 is 0. The molecule has 1 amide bonds. The maximum atomic E-state index is 12.3. The molecule has 2 saturated heterocycles. The van der Waals surface area contributed by atoms with Gasteiger partial charge < -0.3 is 10.0 Å². The van der Waals surface area contributed by atoms with Crippen LogP contribution in [0.4, 0.5) is 0 Å². The Kier molecular flexibility index (Phi) is 7.12. The molecular formula is C17H33N3O2. The Labute approximate surface area is 135 Å². The number of β-amino-alcohol motifs (C(OH)–C–C–N with tert-alkyl or cyclic N) is 1. The largest absolute Gasteiger partial charge is 0.392 e. The number of hydrogen-bond acceptors (Lipinski definition) is 4. The van der Waals surface area contributed by atoms with E-state index in [1.54, 1.807) is 0 Å². The van der Waals surface area contributed by atoms with E-state index in [-0.39, 0.29) is 6.10 Å². The minimum absolute atomic E-state index is 0.263. The SMILES string of the molecule is CC[C@H]1CN(CCC(=O)N2CCCCC2)CCN1C[C@H](C)O. The van der Waals surface area contributed by atoms with Crippen LogP contribution in [0.3, 0.4) is 0 Å². The van der Waals surface area contributed by atoms with Crippen LogP contribution >= 0.6 is 0 Å². The molecule has 2 fully saturated rings. The summed E-state index contributed by atoms with van der Waals surface area (Å²) in [6, 6.07) is 0.508. The smallest absolute Gasteiger partial charge is 0.223 e. The minimum Gasteiger partial charge on any atom is -0.392 e. The summed E-state index contributed by atoms with van der Waals surface area (Å²) >= 11 is 0. The fraction of sp³-hybridized carbons (Fsp3) is 0.941. The van der Waals surface area contributed by atoms with Crippen LogP contribution in [-0.2, 0) is 4.79 Å². The summed E-state index contributed by atoms with van der Waals surface area (Å²) in [4.78, 5) is 19.1. The molecule has 128 valence electrons. The lowest BCUT2D eigenvalue weighted by molar-refractivity contribution is -0.132. The van der Waals surface area contributed by atoms with Crippen molar-refractivity contribution in [3.63, 3.8) is 0 Å². The summed E-state index contributed by atoms with van der Waals surface area (Å²) in [5, 5.41) is 9.60. The molecule has 2 atom stereocenters. The number of carbonyl (C=O) groups excluding carboxylic acids is 1. The zero-order chi connectivity index (χ0) is 15.9. The number of hydrogen-bond donors (Lipinski definition) is 1. The molecule has 0 unspecified atom stereocenters. The molecule has 0 radical (unpaired) electrons. The molecule has 2 aliphatic heterocycles. The van der Waals surface area contributed by atoms with E-state index >= 15 is 0 Å². The highest BCUT2D eigenvalue weighted by Gasteiger charge is 2.27. The van der Waals surface area contributed by atoms with E-state index in [1.165, 1.54) is 19.3 Å². The Hall–Kier alpha value is -0.650. The third kappa shape index (κ3) is 5.21. The number of piperazine rings is 1. The number of carbonyl (C=O) groups is 1. The fourth-order valence-electron chi connectivity index (χ4n) is 3.68. The molecule has 2 heterocycles. The number of rotatable bonds is 6. The van der Waals surface area contributed by atoms with Gasteiger partial charge in [-0.05, 0) is 32.6 Å².